The van der Waals surface area contributed by atoms with E-state index in [0.717, 1.165) is 31.7 Å². The van der Waals surface area contributed by atoms with Crippen LogP contribution < -0.4 is 14.8 Å². The van der Waals surface area contributed by atoms with E-state index in [2.05, 4.69) is 10.0 Å². The minimum Gasteiger partial charge on any atom is -0.450 e. The van der Waals surface area contributed by atoms with Gasteiger partial charge < -0.3 is 14.8 Å². The first-order chi connectivity index (χ1) is 15.2. The van der Waals surface area contributed by atoms with Gasteiger partial charge in [-0.05, 0) is 57.1 Å². The summed E-state index contributed by atoms with van der Waals surface area (Å²) in [7, 11) is -3.33. The van der Waals surface area contributed by atoms with Crippen molar-refractivity contribution in [1.29, 1.82) is 0 Å². The molecule has 0 aromatic heterocycles. The van der Waals surface area contributed by atoms with Crippen LogP contribution in [0.15, 0.2) is 12.1 Å². The SMILES string of the molecule is CS(=O)(=O)N[C@H]1CCCN[C@H]1COC1CCC(c2cc(F)cc(F)c2OC(F)C=O)CC1. The van der Waals surface area contributed by atoms with Crippen molar-refractivity contribution in [1.82, 2.24) is 10.0 Å². The number of halogens is 3. The van der Waals surface area contributed by atoms with Crippen molar-refractivity contribution in [3.63, 3.8) is 0 Å². The van der Waals surface area contributed by atoms with Gasteiger partial charge in [0.25, 0.3) is 6.36 Å². The van der Waals surface area contributed by atoms with Crippen molar-refractivity contribution in [2.24, 2.45) is 0 Å². The van der Waals surface area contributed by atoms with Crippen LogP contribution in [0.1, 0.15) is 50.0 Å². The van der Waals surface area contributed by atoms with E-state index >= 15 is 0 Å². The van der Waals surface area contributed by atoms with E-state index in [9.17, 15) is 26.4 Å². The molecule has 1 aromatic rings. The maximum Gasteiger partial charge on any atom is 0.293 e. The number of carbonyl (C=O) groups excluding carboxylic acids is 1. The molecule has 2 aliphatic rings. The summed E-state index contributed by atoms with van der Waals surface area (Å²) >= 11 is 0. The van der Waals surface area contributed by atoms with Gasteiger partial charge in [0.05, 0.1) is 19.0 Å². The fourth-order valence-electron chi connectivity index (χ4n) is 4.47. The molecule has 2 N–H and O–H groups in total. The molecule has 0 spiro atoms. The molecule has 2 fully saturated rings. The maximum absolute atomic E-state index is 14.2. The predicted molar refractivity (Wildman–Crippen MR) is 112 cm³/mol. The van der Waals surface area contributed by atoms with Gasteiger partial charge in [0.1, 0.15) is 5.82 Å². The number of aldehydes is 1. The van der Waals surface area contributed by atoms with E-state index in [-0.39, 0.29) is 36.0 Å². The minimum atomic E-state index is -3.33. The molecule has 0 radical (unpaired) electrons. The Kier molecular flexibility index (Phi) is 8.54. The number of hydrogen-bond donors (Lipinski definition) is 2. The predicted octanol–water partition coefficient (Wildman–Crippen LogP) is 2.55. The third-order valence-corrected chi connectivity index (χ3v) is 6.68. The molecule has 0 amide bonds. The van der Waals surface area contributed by atoms with E-state index in [4.69, 9.17) is 9.47 Å². The highest BCUT2D eigenvalue weighted by Gasteiger charge is 2.31. The van der Waals surface area contributed by atoms with Crippen LogP contribution in [0.25, 0.3) is 0 Å². The Labute approximate surface area is 186 Å². The Morgan fingerprint density at radius 3 is 2.59 bits per heavy atom. The van der Waals surface area contributed by atoms with Crippen molar-refractivity contribution >= 4 is 16.3 Å². The van der Waals surface area contributed by atoms with Gasteiger partial charge in [0, 0.05) is 23.7 Å². The molecule has 0 bridgehead atoms. The third kappa shape index (κ3) is 6.90. The summed E-state index contributed by atoms with van der Waals surface area (Å²) in [6.07, 6.45) is 2.55. The second kappa shape index (κ2) is 11.0. The lowest BCUT2D eigenvalue weighted by Gasteiger charge is -2.35. The van der Waals surface area contributed by atoms with Gasteiger partial charge in [0.15, 0.2) is 17.9 Å². The number of ether oxygens (including phenoxy) is 2. The highest BCUT2D eigenvalue weighted by Crippen LogP contribution is 2.40. The van der Waals surface area contributed by atoms with Crippen molar-refractivity contribution in [2.75, 3.05) is 19.4 Å². The first kappa shape index (κ1) is 24.9. The number of nitrogens with one attached hydrogen (secondary N) is 2. The summed E-state index contributed by atoms with van der Waals surface area (Å²) in [4.78, 5) is 10.6. The molecule has 1 aromatic carbocycles. The molecule has 7 nitrogen and oxygen atoms in total. The van der Waals surface area contributed by atoms with Gasteiger partial charge in [-0.15, -0.1) is 0 Å². The first-order valence-corrected chi connectivity index (χ1v) is 12.6. The molecule has 180 valence electrons. The molecule has 1 saturated carbocycles. The Hall–Kier alpha value is -1.69. The van der Waals surface area contributed by atoms with Crippen LogP contribution in [0.5, 0.6) is 5.75 Å². The lowest BCUT2D eigenvalue weighted by Crippen LogP contribution is -2.55. The van der Waals surface area contributed by atoms with Crippen LogP contribution >= 0.6 is 0 Å². The molecule has 1 heterocycles. The monoisotopic (exact) mass is 478 g/mol. The summed E-state index contributed by atoms with van der Waals surface area (Å²) in [6.45, 7) is 1.13. The van der Waals surface area contributed by atoms with E-state index in [0.29, 0.717) is 38.4 Å². The Morgan fingerprint density at radius 1 is 1.22 bits per heavy atom. The van der Waals surface area contributed by atoms with Crippen LogP contribution in [0.3, 0.4) is 0 Å². The van der Waals surface area contributed by atoms with Gasteiger partial charge in [-0.3, -0.25) is 4.79 Å². The van der Waals surface area contributed by atoms with Crippen LogP contribution in [0.2, 0.25) is 0 Å². The summed E-state index contributed by atoms with van der Waals surface area (Å²) in [5.41, 5.74) is 0.205. The zero-order chi connectivity index (χ0) is 23.3. The number of carbonyl (C=O) groups is 1. The summed E-state index contributed by atoms with van der Waals surface area (Å²) in [6, 6.07) is 1.34. The normalized spacial score (nSPS) is 27.6. The van der Waals surface area contributed by atoms with Gasteiger partial charge in [-0.2, -0.15) is 4.39 Å². The second-order valence-electron chi connectivity index (χ2n) is 8.42. The molecule has 1 unspecified atom stereocenters. The quantitative estimate of drug-likeness (QED) is 0.530. The molecule has 3 atom stereocenters. The van der Waals surface area contributed by atoms with E-state index in [1.54, 1.807) is 0 Å². The zero-order valence-electron chi connectivity index (χ0n) is 17.9. The number of hydrogen-bond acceptors (Lipinski definition) is 6. The Bertz CT molecular complexity index is 894. The van der Waals surface area contributed by atoms with Gasteiger partial charge in [-0.25, -0.2) is 21.9 Å². The molecule has 3 rings (SSSR count). The molecule has 1 saturated heterocycles. The smallest absolute Gasteiger partial charge is 0.293 e. The average molecular weight is 479 g/mol. The van der Waals surface area contributed by atoms with Crippen LogP contribution in [-0.4, -0.2) is 58.7 Å². The Morgan fingerprint density at radius 2 is 1.94 bits per heavy atom. The molecule has 1 aliphatic heterocycles. The van der Waals surface area contributed by atoms with E-state index in [1.807, 2.05) is 0 Å². The fourth-order valence-corrected chi connectivity index (χ4v) is 5.30. The number of rotatable bonds is 9. The van der Waals surface area contributed by atoms with Crippen molar-refractivity contribution in [3.05, 3.63) is 29.3 Å². The number of piperidine rings is 1. The van der Waals surface area contributed by atoms with Crippen molar-refractivity contribution < 1.29 is 35.9 Å². The second-order valence-corrected chi connectivity index (χ2v) is 10.2. The average Bonchev–Trinajstić information content (AvgIpc) is 2.74. The van der Waals surface area contributed by atoms with Gasteiger partial charge in [0.2, 0.25) is 10.0 Å². The summed E-state index contributed by atoms with van der Waals surface area (Å²) in [5, 5.41) is 3.29. The van der Waals surface area contributed by atoms with Crippen LogP contribution in [0.4, 0.5) is 13.2 Å². The Balaban J connectivity index is 1.58. The van der Waals surface area contributed by atoms with Gasteiger partial charge in [-0.1, -0.05) is 0 Å². The lowest BCUT2D eigenvalue weighted by molar-refractivity contribution is -0.120. The summed E-state index contributed by atoms with van der Waals surface area (Å²) < 4.78 is 78.0. The fraction of sp³-hybridized carbons (Fsp3) is 0.667. The molecular formula is C21H29F3N2O5S. The number of benzene rings is 1. The van der Waals surface area contributed by atoms with E-state index < -0.39 is 33.8 Å². The number of alkyl halides is 1. The van der Waals surface area contributed by atoms with Crippen molar-refractivity contribution in [2.45, 2.75) is 69.0 Å². The first-order valence-electron chi connectivity index (χ1n) is 10.7. The van der Waals surface area contributed by atoms with Gasteiger partial charge >= 0.3 is 0 Å². The minimum absolute atomic E-state index is 0.0828. The summed E-state index contributed by atoms with van der Waals surface area (Å²) in [5.74, 6) is -2.54. The third-order valence-electron chi connectivity index (χ3n) is 5.95. The van der Waals surface area contributed by atoms with E-state index in [1.165, 1.54) is 0 Å². The topological polar surface area (TPSA) is 93.7 Å². The highest BCUT2D eigenvalue weighted by atomic mass is 32.2. The molecular weight excluding hydrogens is 449 g/mol. The molecule has 11 heteroatoms. The molecule has 1 aliphatic carbocycles. The maximum atomic E-state index is 14.2. The lowest BCUT2D eigenvalue weighted by atomic mass is 9.82. The highest BCUT2D eigenvalue weighted by molar-refractivity contribution is 7.88. The molecule has 32 heavy (non-hydrogen) atoms. The van der Waals surface area contributed by atoms with Crippen molar-refractivity contribution in [3.8, 4) is 5.75 Å². The largest absolute Gasteiger partial charge is 0.450 e. The van der Waals surface area contributed by atoms with Crippen LogP contribution in [0, 0.1) is 11.6 Å². The zero-order valence-corrected chi connectivity index (χ0v) is 18.7. The number of sulfonamides is 1. The standard InChI is InChI=1S/C21H29F3N2O5S/c1-32(28,29)26-18-3-2-8-25-19(18)12-30-15-6-4-13(5-7-15)16-9-14(22)10-17(23)21(16)31-20(24)11-27/h9-11,13,15,18-20,25-26H,2-8,12H2,1H3/t13?,15?,18-,19-,20?/m0/s1. The van der Waals surface area contributed by atoms with Crippen LogP contribution in [-0.2, 0) is 19.6 Å².